The lowest BCUT2D eigenvalue weighted by molar-refractivity contribution is -0.482. The third-order valence-electron chi connectivity index (χ3n) is 3.94. The van der Waals surface area contributed by atoms with Gasteiger partial charge in [-0.05, 0) is 42.7 Å². The third kappa shape index (κ3) is 3.19. The van der Waals surface area contributed by atoms with Crippen molar-refractivity contribution in [1.82, 2.24) is 0 Å². The number of hydrogen-bond donors (Lipinski definition) is 0. The fourth-order valence-electron chi connectivity index (χ4n) is 2.90. The normalized spacial score (nSPS) is 16.2. The summed E-state index contributed by atoms with van der Waals surface area (Å²) in [6.45, 7) is 0.791. The molecule has 114 valence electrons. The van der Waals surface area contributed by atoms with Crippen molar-refractivity contribution in [3.8, 4) is 0 Å². The van der Waals surface area contributed by atoms with Crippen molar-refractivity contribution in [3.63, 3.8) is 0 Å². The van der Waals surface area contributed by atoms with Crippen molar-refractivity contribution in [2.45, 2.75) is 18.8 Å². The summed E-state index contributed by atoms with van der Waals surface area (Å²) in [6, 6.07) is 13.7. The Hall–Kier alpha value is -2.56. The van der Waals surface area contributed by atoms with Gasteiger partial charge in [0.1, 0.15) is 11.7 Å². The number of anilines is 1. The molecule has 5 nitrogen and oxygen atoms in total. The molecule has 2 heterocycles. The van der Waals surface area contributed by atoms with Crippen molar-refractivity contribution < 1.29 is 9.34 Å². The summed E-state index contributed by atoms with van der Waals surface area (Å²) in [5.41, 5.74) is 2.17. The van der Waals surface area contributed by atoms with Gasteiger partial charge in [-0.2, -0.15) is 0 Å². The fourth-order valence-corrected chi connectivity index (χ4v) is 2.90. The van der Waals surface area contributed by atoms with Crippen LogP contribution in [0.4, 0.5) is 5.69 Å². The lowest BCUT2D eigenvalue weighted by Crippen LogP contribution is -2.25. The van der Waals surface area contributed by atoms with Crippen molar-refractivity contribution in [2.75, 3.05) is 18.0 Å². The van der Waals surface area contributed by atoms with Crippen molar-refractivity contribution in [1.29, 1.82) is 0 Å². The highest BCUT2D eigenvalue weighted by atomic mass is 16.6. The van der Waals surface area contributed by atoms with Crippen LogP contribution in [-0.2, 0) is 0 Å². The number of para-hydroxylation sites is 1. The van der Waals surface area contributed by atoms with Crippen LogP contribution in [-0.4, -0.2) is 18.0 Å². The number of nitrogens with zero attached hydrogens (tertiary/aromatic N) is 2. The van der Waals surface area contributed by atoms with Crippen molar-refractivity contribution in [2.24, 2.45) is 0 Å². The first kappa shape index (κ1) is 14.4. The summed E-state index contributed by atoms with van der Waals surface area (Å²) in [7, 11) is 0. The van der Waals surface area contributed by atoms with E-state index in [1.807, 2.05) is 24.3 Å². The van der Waals surface area contributed by atoms with E-state index in [1.165, 1.54) is 0 Å². The van der Waals surface area contributed by atoms with Crippen molar-refractivity contribution >= 4 is 5.69 Å². The molecule has 5 heteroatoms. The maximum absolute atomic E-state index is 11.0. The SMILES string of the molecule is O=[N+]([O-])CC(C1=CN(c2ccccc2)CCC1)c1ccco1. The summed E-state index contributed by atoms with van der Waals surface area (Å²) in [5, 5.41) is 11.0. The van der Waals surface area contributed by atoms with Crippen LogP contribution in [0.1, 0.15) is 24.5 Å². The molecule has 1 aliphatic rings. The maximum Gasteiger partial charge on any atom is 0.217 e. The highest BCUT2D eigenvalue weighted by Crippen LogP contribution is 2.32. The quantitative estimate of drug-likeness (QED) is 0.622. The Labute approximate surface area is 129 Å². The molecule has 22 heavy (non-hydrogen) atoms. The lowest BCUT2D eigenvalue weighted by Gasteiger charge is -2.29. The second-order valence-corrected chi connectivity index (χ2v) is 5.42. The number of hydrogen-bond acceptors (Lipinski definition) is 4. The Kier molecular flexibility index (Phi) is 4.23. The summed E-state index contributed by atoms with van der Waals surface area (Å²) >= 11 is 0. The van der Waals surface area contributed by atoms with Gasteiger partial charge >= 0.3 is 0 Å². The van der Waals surface area contributed by atoms with Crippen LogP contribution in [0.25, 0.3) is 0 Å². The lowest BCUT2D eigenvalue weighted by atomic mass is 9.91. The van der Waals surface area contributed by atoms with E-state index in [4.69, 9.17) is 4.42 Å². The smallest absolute Gasteiger partial charge is 0.217 e. The molecule has 1 atom stereocenters. The molecule has 0 aliphatic carbocycles. The van der Waals surface area contributed by atoms with Gasteiger partial charge in [0.25, 0.3) is 0 Å². The van der Waals surface area contributed by atoms with Crippen LogP contribution >= 0.6 is 0 Å². The molecule has 0 spiro atoms. The van der Waals surface area contributed by atoms with Gasteiger partial charge in [0, 0.05) is 23.4 Å². The molecule has 0 saturated carbocycles. The van der Waals surface area contributed by atoms with Gasteiger partial charge in [0.15, 0.2) is 0 Å². The van der Waals surface area contributed by atoms with E-state index in [0.29, 0.717) is 5.76 Å². The summed E-state index contributed by atoms with van der Waals surface area (Å²) in [5.74, 6) is 0.370. The van der Waals surface area contributed by atoms with Crippen LogP contribution in [0.2, 0.25) is 0 Å². The van der Waals surface area contributed by atoms with Gasteiger partial charge in [-0.25, -0.2) is 0 Å². The zero-order valence-corrected chi connectivity index (χ0v) is 12.2. The fraction of sp³-hybridized carbons (Fsp3) is 0.294. The van der Waals surface area contributed by atoms with E-state index < -0.39 is 0 Å². The minimum Gasteiger partial charge on any atom is -0.468 e. The molecule has 0 radical (unpaired) electrons. The second kappa shape index (κ2) is 6.47. The molecular weight excluding hydrogens is 280 g/mol. The van der Waals surface area contributed by atoms with Crippen LogP contribution < -0.4 is 4.90 Å². The third-order valence-corrected chi connectivity index (χ3v) is 3.94. The number of nitro groups is 1. The Morgan fingerprint density at radius 3 is 2.73 bits per heavy atom. The van der Waals surface area contributed by atoms with E-state index in [1.54, 1.807) is 12.3 Å². The number of benzene rings is 1. The first-order valence-corrected chi connectivity index (χ1v) is 7.41. The average Bonchev–Trinajstić information content (AvgIpc) is 3.08. The Balaban J connectivity index is 1.90. The standard InChI is InChI=1S/C17H18N2O3/c20-19(21)13-16(17-9-5-11-22-17)14-6-4-10-18(12-14)15-7-2-1-3-8-15/h1-3,5,7-9,11-12,16H,4,6,10,13H2. The van der Waals surface area contributed by atoms with E-state index in [-0.39, 0.29) is 17.4 Å². The molecule has 0 saturated heterocycles. The van der Waals surface area contributed by atoms with Gasteiger partial charge in [-0.3, -0.25) is 10.1 Å². The van der Waals surface area contributed by atoms with Crippen LogP contribution in [0.5, 0.6) is 0 Å². The number of furan rings is 1. The summed E-state index contributed by atoms with van der Waals surface area (Å²) < 4.78 is 5.43. The van der Waals surface area contributed by atoms with E-state index in [0.717, 1.165) is 30.6 Å². The van der Waals surface area contributed by atoms with Gasteiger partial charge in [-0.15, -0.1) is 0 Å². The molecule has 1 aliphatic heterocycles. The molecule has 0 N–H and O–H groups in total. The molecule has 1 aromatic carbocycles. The molecule has 0 fully saturated rings. The van der Waals surface area contributed by atoms with E-state index in [9.17, 15) is 10.1 Å². The maximum atomic E-state index is 11.0. The molecule has 3 rings (SSSR count). The molecule has 2 aromatic rings. The van der Waals surface area contributed by atoms with Gasteiger partial charge in [0.2, 0.25) is 6.54 Å². The largest absolute Gasteiger partial charge is 0.468 e. The summed E-state index contributed by atoms with van der Waals surface area (Å²) in [4.78, 5) is 12.9. The van der Waals surface area contributed by atoms with E-state index >= 15 is 0 Å². The second-order valence-electron chi connectivity index (χ2n) is 5.42. The molecule has 1 aromatic heterocycles. The predicted molar refractivity (Wildman–Crippen MR) is 84.4 cm³/mol. The van der Waals surface area contributed by atoms with Gasteiger partial charge in [-0.1, -0.05) is 18.2 Å². The Morgan fingerprint density at radius 2 is 2.05 bits per heavy atom. The Bertz CT molecular complexity index is 650. The molecular formula is C17H18N2O3. The highest BCUT2D eigenvalue weighted by Gasteiger charge is 2.27. The Morgan fingerprint density at radius 1 is 1.23 bits per heavy atom. The topological polar surface area (TPSA) is 59.5 Å². The first-order valence-electron chi connectivity index (χ1n) is 7.41. The molecule has 0 amide bonds. The van der Waals surface area contributed by atoms with Crippen LogP contribution in [0, 0.1) is 10.1 Å². The number of rotatable bonds is 5. The van der Waals surface area contributed by atoms with Crippen LogP contribution in [0.3, 0.4) is 0 Å². The monoisotopic (exact) mass is 298 g/mol. The first-order chi connectivity index (χ1) is 10.7. The van der Waals surface area contributed by atoms with Crippen molar-refractivity contribution in [3.05, 3.63) is 76.4 Å². The minimum absolute atomic E-state index is 0.137. The zero-order valence-electron chi connectivity index (χ0n) is 12.2. The van der Waals surface area contributed by atoms with Gasteiger partial charge < -0.3 is 9.32 Å². The zero-order chi connectivity index (χ0) is 15.4. The summed E-state index contributed by atoms with van der Waals surface area (Å²) in [6.07, 6.45) is 5.47. The molecule has 1 unspecified atom stereocenters. The minimum atomic E-state index is -0.295. The van der Waals surface area contributed by atoms with Gasteiger partial charge in [0.05, 0.1) is 6.26 Å². The highest BCUT2D eigenvalue weighted by molar-refractivity contribution is 5.50. The molecule has 0 bridgehead atoms. The van der Waals surface area contributed by atoms with Crippen LogP contribution in [0.15, 0.2) is 64.9 Å². The predicted octanol–water partition coefficient (Wildman–Crippen LogP) is 3.82. The average molecular weight is 298 g/mol. The van der Waals surface area contributed by atoms with E-state index in [2.05, 4.69) is 23.2 Å².